The molecule has 0 spiro atoms. The summed E-state index contributed by atoms with van der Waals surface area (Å²) in [6.45, 7) is 0. The van der Waals surface area contributed by atoms with Crippen LogP contribution in [-0.2, 0) is 9.53 Å². The highest BCUT2D eigenvalue weighted by atomic mass is 16.5. The van der Waals surface area contributed by atoms with Gasteiger partial charge in [-0.1, -0.05) is 18.2 Å². The molecule has 0 saturated heterocycles. The second kappa shape index (κ2) is 5.59. The van der Waals surface area contributed by atoms with Crippen LogP contribution in [0.1, 0.15) is 44.9 Å². The van der Waals surface area contributed by atoms with Crippen molar-refractivity contribution < 1.29 is 9.53 Å². The summed E-state index contributed by atoms with van der Waals surface area (Å²) in [6, 6.07) is 0.480. The number of ether oxygens (including phenoxy) is 1. The molecule has 6 aliphatic rings. The molecule has 1 heterocycles. The van der Waals surface area contributed by atoms with E-state index in [4.69, 9.17) is 4.74 Å². The molecular formula is C22H26N2O2. The molecule has 26 heavy (non-hydrogen) atoms. The first-order chi connectivity index (χ1) is 12.8. The largest absolute Gasteiger partial charge is 0.458 e. The topological polar surface area (TPSA) is 50.4 Å². The average molecular weight is 350 g/mol. The summed E-state index contributed by atoms with van der Waals surface area (Å²) in [5.41, 5.74) is 12.5. The number of carbonyl (C=O) groups excluding carboxylic acids is 1. The number of hydrazine groups is 1. The van der Waals surface area contributed by atoms with E-state index in [1.54, 1.807) is 11.1 Å². The van der Waals surface area contributed by atoms with Crippen LogP contribution in [-0.4, -0.2) is 18.1 Å². The summed E-state index contributed by atoms with van der Waals surface area (Å²) >= 11 is 0. The first-order valence-corrected chi connectivity index (χ1v) is 10.3. The van der Waals surface area contributed by atoms with Gasteiger partial charge in [-0.2, -0.15) is 0 Å². The van der Waals surface area contributed by atoms with Gasteiger partial charge >= 0.3 is 5.97 Å². The van der Waals surface area contributed by atoms with Crippen molar-refractivity contribution >= 4 is 5.97 Å². The summed E-state index contributed by atoms with van der Waals surface area (Å²) in [7, 11) is 0. The second-order valence-electron chi connectivity index (χ2n) is 8.87. The molecule has 0 aromatic heterocycles. The van der Waals surface area contributed by atoms with E-state index in [1.807, 2.05) is 0 Å². The number of rotatable bonds is 2. The molecule has 0 aromatic rings. The van der Waals surface area contributed by atoms with E-state index < -0.39 is 0 Å². The van der Waals surface area contributed by atoms with Gasteiger partial charge in [0.15, 0.2) is 0 Å². The molecule has 5 aliphatic carbocycles. The molecule has 0 radical (unpaired) electrons. The maximum atomic E-state index is 12.1. The average Bonchev–Trinajstić information content (AvgIpc) is 3.29. The number of fused-ring (bicyclic) bond motifs is 6. The third kappa shape index (κ3) is 2.27. The van der Waals surface area contributed by atoms with Crippen molar-refractivity contribution in [2.75, 3.05) is 0 Å². The minimum absolute atomic E-state index is 0.0410. The normalized spacial score (nSPS) is 39.9. The van der Waals surface area contributed by atoms with Gasteiger partial charge < -0.3 is 10.2 Å². The van der Waals surface area contributed by atoms with Gasteiger partial charge in [0.05, 0.1) is 12.0 Å². The van der Waals surface area contributed by atoms with Gasteiger partial charge in [-0.3, -0.25) is 4.79 Å². The second-order valence-corrected chi connectivity index (χ2v) is 8.87. The van der Waals surface area contributed by atoms with Crippen LogP contribution in [0.25, 0.3) is 0 Å². The number of nitrogens with one attached hydrogen (secondary N) is 2. The molecule has 5 atom stereocenters. The maximum absolute atomic E-state index is 12.1. The highest BCUT2D eigenvalue weighted by molar-refractivity contribution is 5.75. The van der Waals surface area contributed by atoms with Crippen LogP contribution < -0.4 is 10.9 Å². The maximum Gasteiger partial charge on any atom is 0.309 e. The molecule has 5 unspecified atom stereocenters. The molecule has 1 aliphatic heterocycles. The Morgan fingerprint density at radius 1 is 1.00 bits per heavy atom. The van der Waals surface area contributed by atoms with Crippen LogP contribution in [0.3, 0.4) is 0 Å². The number of allylic oxidation sites excluding steroid dienone is 4. The molecule has 2 N–H and O–H groups in total. The van der Waals surface area contributed by atoms with E-state index in [-0.39, 0.29) is 18.0 Å². The van der Waals surface area contributed by atoms with E-state index in [0.29, 0.717) is 23.8 Å². The Kier molecular flexibility index (Phi) is 3.28. The molecule has 4 heteroatoms. The van der Waals surface area contributed by atoms with Crippen molar-refractivity contribution in [3.8, 4) is 0 Å². The van der Waals surface area contributed by atoms with Gasteiger partial charge in [0.1, 0.15) is 6.10 Å². The highest BCUT2D eigenvalue weighted by Gasteiger charge is 2.46. The third-order valence-electron chi connectivity index (χ3n) is 7.39. The first kappa shape index (κ1) is 15.3. The van der Waals surface area contributed by atoms with Gasteiger partial charge in [0, 0.05) is 6.20 Å². The molecule has 0 aromatic carbocycles. The predicted molar refractivity (Wildman–Crippen MR) is 98.6 cm³/mol. The number of carbonyl (C=O) groups is 1. The monoisotopic (exact) mass is 350 g/mol. The standard InChI is InChI=1S/C22H26N2O2/c25-22(12-1-2-12)26-21-8-7-16-15-4-3-13-10-20-14(11-23-24-20)9-19(13)17(15)5-6-18(16)21/h5-6,9,11-13,15-16,20-21,23-24H,1-4,7-8,10H2. The summed E-state index contributed by atoms with van der Waals surface area (Å²) in [5.74, 6) is 2.14. The fraction of sp³-hybridized carbons (Fsp3) is 0.591. The molecule has 0 amide bonds. The van der Waals surface area contributed by atoms with Crippen LogP contribution in [0.5, 0.6) is 0 Å². The fourth-order valence-corrected chi connectivity index (χ4v) is 5.87. The Morgan fingerprint density at radius 3 is 2.77 bits per heavy atom. The van der Waals surface area contributed by atoms with Gasteiger partial charge in [0.2, 0.25) is 0 Å². The minimum atomic E-state index is 0.0410. The molecule has 4 nitrogen and oxygen atoms in total. The van der Waals surface area contributed by atoms with Crippen LogP contribution >= 0.6 is 0 Å². The Morgan fingerprint density at radius 2 is 1.88 bits per heavy atom. The Labute approximate surface area is 154 Å². The van der Waals surface area contributed by atoms with E-state index in [0.717, 1.165) is 19.3 Å². The van der Waals surface area contributed by atoms with E-state index in [9.17, 15) is 4.79 Å². The Balaban J connectivity index is 1.30. The summed E-state index contributed by atoms with van der Waals surface area (Å²) in [5, 5.41) is 0. The lowest BCUT2D eigenvalue weighted by atomic mass is 9.63. The van der Waals surface area contributed by atoms with Crippen molar-refractivity contribution in [1.29, 1.82) is 0 Å². The summed E-state index contributed by atoms with van der Waals surface area (Å²) in [4.78, 5) is 12.1. The lowest BCUT2D eigenvalue weighted by Crippen LogP contribution is -2.38. The number of esters is 1. The molecule has 0 bridgehead atoms. The summed E-state index contributed by atoms with van der Waals surface area (Å²) in [6.07, 6.45) is 17.2. The van der Waals surface area contributed by atoms with Crippen LogP contribution in [0.2, 0.25) is 0 Å². The molecular weight excluding hydrogens is 324 g/mol. The molecule has 136 valence electrons. The predicted octanol–water partition coefficient (Wildman–Crippen LogP) is 3.30. The van der Waals surface area contributed by atoms with E-state index >= 15 is 0 Å². The zero-order valence-electron chi connectivity index (χ0n) is 15.0. The lowest BCUT2D eigenvalue weighted by Gasteiger charge is -2.42. The quantitative estimate of drug-likeness (QED) is 0.750. The van der Waals surface area contributed by atoms with E-state index in [2.05, 4.69) is 35.3 Å². The van der Waals surface area contributed by atoms with E-state index in [1.165, 1.54) is 36.8 Å². The summed E-state index contributed by atoms with van der Waals surface area (Å²) < 4.78 is 5.87. The van der Waals surface area contributed by atoms with Crippen LogP contribution in [0.4, 0.5) is 0 Å². The zero-order chi connectivity index (χ0) is 17.3. The fourth-order valence-electron chi connectivity index (χ4n) is 5.87. The smallest absolute Gasteiger partial charge is 0.309 e. The van der Waals surface area contributed by atoms with Gasteiger partial charge in [-0.25, -0.2) is 5.43 Å². The van der Waals surface area contributed by atoms with Gasteiger partial charge in [-0.05, 0) is 85.0 Å². The van der Waals surface area contributed by atoms with Crippen molar-refractivity contribution in [1.82, 2.24) is 10.9 Å². The van der Waals surface area contributed by atoms with Crippen LogP contribution in [0, 0.1) is 23.7 Å². The minimum Gasteiger partial charge on any atom is -0.458 e. The number of hydrogen-bond acceptors (Lipinski definition) is 4. The molecule has 6 rings (SSSR count). The van der Waals surface area contributed by atoms with Gasteiger partial charge in [0.25, 0.3) is 0 Å². The molecule has 3 fully saturated rings. The van der Waals surface area contributed by atoms with Crippen molar-refractivity contribution in [2.45, 2.75) is 57.1 Å². The molecule has 3 saturated carbocycles. The SMILES string of the molecule is O=C(OC1CCC2C1=CC=C1C3=CC4=CNNC4CC3CCC12)C1CC1. The number of hydrogen-bond donors (Lipinski definition) is 2. The van der Waals surface area contributed by atoms with Crippen molar-refractivity contribution in [2.24, 2.45) is 23.7 Å². The Bertz CT molecular complexity index is 786. The zero-order valence-corrected chi connectivity index (χ0v) is 15.0. The Hall–Kier alpha value is -1.81. The lowest BCUT2D eigenvalue weighted by molar-refractivity contribution is -0.148. The van der Waals surface area contributed by atoms with Crippen molar-refractivity contribution in [3.05, 3.63) is 46.7 Å². The van der Waals surface area contributed by atoms with Crippen molar-refractivity contribution in [3.63, 3.8) is 0 Å². The third-order valence-corrected chi connectivity index (χ3v) is 7.39. The van der Waals surface area contributed by atoms with Crippen LogP contribution in [0.15, 0.2) is 46.7 Å². The first-order valence-electron chi connectivity index (χ1n) is 10.3. The van der Waals surface area contributed by atoms with Gasteiger partial charge in [-0.15, -0.1) is 0 Å². The highest BCUT2D eigenvalue weighted by Crippen LogP contribution is 2.53.